The molecular formula is C11H7Br2ClOS. The maximum atomic E-state index is 10.2. The molecule has 2 rings (SSSR count). The Hall–Kier alpha value is 0.130. The molecule has 1 N–H and O–H groups in total. The van der Waals surface area contributed by atoms with Crippen molar-refractivity contribution >= 4 is 54.8 Å². The fraction of sp³-hybridized carbons (Fsp3) is 0.0909. The first kappa shape index (κ1) is 12.6. The van der Waals surface area contributed by atoms with E-state index < -0.39 is 6.10 Å². The van der Waals surface area contributed by atoms with Crippen molar-refractivity contribution in [2.45, 2.75) is 6.10 Å². The number of aliphatic hydroxyl groups is 1. The quantitative estimate of drug-likeness (QED) is 0.774. The van der Waals surface area contributed by atoms with E-state index in [9.17, 15) is 5.11 Å². The van der Waals surface area contributed by atoms with Gasteiger partial charge in [0.15, 0.2) is 0 Å². The molecule has 0 amide bonds. The third-order valence-electron chi connectivity index (χ3n) is 2.12. The minimum atomic E-state index is -0.622. The predicted molar refractivity (Wildman–Crippen MR) is 75.2 cm³/mol. The number of aliphatic hydroxyl groups excluding tert-OH is 1. The van der Waals surface area contributed by atoms with Crippen molar-refractivity contribution in [3.63, 3.8) is 0 Å². The highest BCUT2D eigenvalue weighted by atomic mass is 79.9. The van der Waals surface area contributed by atoms with Crippen molar-refractivity contribution in [3.05, 3.63) is 54.1 Å². The van der Waals surface area contributed by atoms with Gasteiger partial charge in [-0.1, -0.05) is 33.6 Å². The molecule has 1 atom stereocenters. The van der Waals surface area contributed by atoms with E-state index in [1.807, 2.05) is 18.2 Å². The van der Waals surface area contributed by atoms with Crippen LogP contribution in [0.25, 0.3) is 0 Å². The first-order valence-corrected chi connectivity index (χ1v) is 7.24. The molecule has 0 fully saturated rings. The van der Waals surface area contributed by atoms with Crippen LogP contribution in [0.15, 0.2) is 38.6 Å². The van der Waals surface area contributed by atoms with Gasteiger partial charge in [0.1, 0.15) is 6.10 Å². The highest BCUT2D eigenvalue weighted by Gasteiger charge is 2.15. The normalized spacial score (nSPS) is 12.8. The Balaban J connectivity index is 2.37. The van der Waals surface area contributed by atoms with Crippen LogP contribution < -0.4 is 0 Å². The first-order valence-electron chi connectivity index (χ1n) is 4.46. The van der Waals surface area contributed by atoms with Crippen LogP contribution in [0.2, 0.25) is 5.02 Å². The van der Waals surface area contributed by atoms with Gasteiger partial charge in [-0.15, -0.1) is 11.3 Å². The third kappa shape index (κ3) is 2.68. The second kappa shape index (κ2) is 5.19. The topological polar surface area (TPSA) is 20.2 Å². The number of rotatable bonds is 2. The van der Waals surface area contributed by atoms with Crippen LogP contribution in [-0.4, -0.2) is 5.11 Å². The van der Waals surface area contributed by atoms with Crippen LogP contribution in [0.5, 0.6) is 0 Å². The SMILES string of the molecule is OC(c1ccc(Br)s1)c1ccc(Cl)cc1Br. The summed E-state index contributed by atoms with van der Waals surface area (Å²) in [6.07, 6.45) is -0.622. The number of thiophene rings is 1. The van der Waals surface area contributed by atoms with Crippen molar-refractivity contribution in [1.29, 1.82) is 0 Å². The predicted octanol–water partition coefficient (Wildman–Crippen LogP) is 5.01. The van der Waals surface area contributed by atoms with Crippen LogP contribution in [0, 0.1) is 0 Å². The second-order valence-electron chi connectivity index (χ2n) is 3.21. The molecule has 1 aromatic heterocycles. The maximum absolute atomic E-state index is 10.2. The molecule has 5 heteroatoms. The van der Waals surface area contributed by atoms with Gasteiger partial charge in [0.25, 0.3) is 0 Å². The fourth-order valence-corrected chi connectivity index (χ4v) is 3.68. The molecule has 0 radical (unpaired) electrons. The van der Waals surface area contributed by atoms with Gasteiger partial charge in [-0.2, -0.15) is 0 Å². The molecule has 16 heavy (non-hydrogen) atoms. The summed E-state index contributed by atoms with van der Waals surface area (Å²) in [4.78, 5) is 0.898. The molecule has 1 nitrogen and oxygen atoms in total. The minimum absolute atomic E-state index is 0.622. The van der Waals surface area contributed by atoms with Gasteiger partial charge in [0, 0.05) is 19.9 Å². The lowest BCUT2D eigenvalue weighted by Crippen LogP contribution is -1.97. The van der Waals surface area contributed by atoms with Crippen LogP contribution >= 0.6 is 54.8 Å². The van der Waals surface area contributed by atoms with Gasteiger partial charge in [-0.3, -0.25) is 0 Å². The smallest absolute Gasteiger partial charge is 0.114 e. The molecule has 0 aliphatic carbocycles. The van der Waals surface area contributed by atoms with Crippen LogP contribution in [0.1, 0.15) is 16.5 Å². The van der Waals surface area contributed by atoms with E-state index >= 15 is 0 Å². The van der Waals surface area contributed by atoms with Crippen LogP contribution in [-0.2, 0) is 0 Å². The van der Waals surface area contributed by atoms with Crippen molar-refractivity contribution in [3.8, 4) is 0 Å². The lowest BCUT2D eigenvalue weighted by molar-refractivity contribution is 0.223. The average molecular weight is 383 g/mol. The lowest BCUT2D eigenvalue weighted by Gasteiger charge is -2.11. The van der Waals surface area contributed by atoms with Crippen LogP contribution in [0.3, 0.4) is 0 Å². The molecule has 1 aromatic carbocycles. The molecule has 0 saturated carbocycles. The zero-order valence-electron chi connectivity index (χ0n) is 7.95. The van der Waals surface area contributed by atoms with Gasteiger partial charge in [-0.25, -0.2) is 0 Å². The zero-order chi connectivity index (χ0) is 11.7. The lowest BCUT2D eigenvalue weighted by atomic mass is 10.1. The van der Waals surface area contributed by atoms with E-state index in [4.69, 9.17) is 11.6 Å². The van der Waals surface area contributed by atoms with Crippen LogP contribution in [0.4, 0.5) is 0 Å². The summed E-state index contributed by atoms with van der Waals surface area (Å²) in [6, 6.07) is 9.20. The van der Waals surface area contributed by atoms with Crippen molar-refractivity contribution in [2.24, 2.45) is 0 Å². The van der Waals surface area contributed by atoms with Crippen molar-refractivity contribution in [2.75, 3.05) is 0 Å². The summed E-state index contributed by atoms with van der Waals surface area (Å²) in [6.45, 7) is 0. The second-order valence-corrected chi connectivity index (χ2v) is 7.00. The first-order chi connectivity index (χ1) is 7.58. The summed E-state index contributed by atoms with van der Waals surface area (Å²) in [7, 11) is 0. The Kier molecular flexibility index (Phi) is 4.08. The summed E-state index contributed by atoms with van der Waals surface area (Å²) in [5.74, 6) is 0. The number of halogens is 3. The fourth-order valence-electron chi connectivity index (χ4n) is 1.35. The van der Waals surface area contributed by atoms with E-state index in [-0.39, 0.29) is 0 Å². The van der Waals surface area contributed by atoms with E-state index in [0.717, 1.165) is 18.7 Å². The molecule has 2 aromatic rings. The number of benzene rings is 1. The average Bonchev–Trinajstić information content (AvgIpc) is 2.64. The van der Waals surface area contributed by atoms with E-state index in [2.05, 4.69) is 31.9 Å². The third-order valence-corrected chi connectivity index (χ3v) is 4.72. The maximum Gasteiger partial charge on any atom is 0.114 e. The summed E-state index contributed by atoms with van der Waals surface area (Å²) in [5.41, 5.74) is 0.818. The molecule has 1 heterocycles. The Morgan fingerprint density at radius 3 is 2.50 bits per heavy atom. The summed E-state index contributed by atoms with van der Waals surface area (Å²) < 4.78 is 1.82. The van der Waals surface area contributed by atoms with E-state index in [1.54, 1.807) is 12.1 Å². The zero-order valence-corrected chi connectivity index (χ0v) is 12.7. The molecular weight excluding hydrogens is 375 g/mol. The van der Waals surface area contributed by atoms with Crippen molar-refractivity contribution in [1.82, 2.24) is 0 Å². The molecule has 0 spiro atoms. The van der Waals surface area contributed by atoms with Gasteiger partial charge in [-0.05, 0) is 40.2 Å². The standard InChI is InChI=1S/C11H7Br2ClOS/c12-8-5-6(14)1-2-7(8)11(15)9-3-4-10(13)16-9/h1-5,11,15H. The van der Waals surface area contributed by atoms with Crippen molar-refractivity contribution < 1.29 is 5.11 Å². The molecule has 1 unspecified atom stereocenters. The van der Waals surface area contributed by atoms with Gasteiger partial charge < -0.3 is 5.11 Å². The monoisotopic (exact) mass is 380 g/mol. The molecule has 0 aliphatic heterocycles. The largest absolute Gasteiger partial charge is 0.383 e. The van der Waals surface area contributed by atoms with Gasteiger partial charge >= 0.3 is 0 Å². The number of hydrogen-bond donors (Lipinski definition) is 1. The Bertz CT molecular complexity index is 512. The molecule has 84 valence electrons. The Morgan fingerprint density at radius 1 is 1.19 bits per heavy atom. The van der Waals surface area contributed by atoms with E-state index in [1.165, 1.54) is 11.3 Å². The minimum Gasteiger partial charge on any atom is -0.383 e. The molecule has 0 bridgehead atoms. The number of hydrogen-bond acceptors (Lipinski definition) is 2. The van der Waals surface area contributed by atoms with Gasteiger partial charge in [0.05, 0.1) is 3.79 Å². The molecule has 0 aliphatic rings. The molecule has 0 saturated heterocycles. The highest BCUT2D eigenvalue weighted by molar-refractivity contribution is 9.11. The van der Waals surface area contributed by atoms with Gasteiger partial charge in [0.2, 0.25) is 0 Å². The highest BCUT2D eigenvalue weighted by Crippen LogP contribution is 2.35. The summed E-state index contributed by atoms with van der Waals surface area (Å²) in [5, 5.41) is 10.8. The Labute approximate surface area is 119 Å². The van der Waals surface area contributed by atoms with E-state index in [0.29, 0.717) is 5.02 Å². The Morgan fingerprint density at radius 2 is 1.94 bits per heavy atom. The summed E-state index contributed by atoms with van der Waals surface area (Å²) >= 11 is 14.1.